The van der Waals surface area contributed by atoms with Crippen LogP contribution in [0.3, 0.4) is 0 Å². The second-order valence-electron chi connectivity index (χ2n) is 14.6. The molecule has 0 saturated heterocycles. The summed E-state index contributed by atoms with van der Waals surface area (Å²) in [6.45, 7) is 21.0. The predicted molar refractivity (Wildman–Crippen MR) is 203 cm³/mol. The summed E-state index contributed by atoms with van der Waals surface area (Å²) in [6, 6.07) is 0. The van der Waals surface area contributed by atoms with Gasteiger partial charge in [0.15, 0.2) is 0 Å². The maximum Gasteiger partial charge on any atom is 0.0900 e. The lowest BCUT2D eigenvalue weighted by Crippen LogP contribution is -2.42. The molecule has 51 heavy (non-hydrogen) atoms. The SMILES string of the molecule is CCCCN(C)CC(O)COCC(C)OCC(C)OCC(O)CN(CCCC)CC(O)COCC(C)OCC(C)OCC(O)CN(C)CCCC. The highest BCUT2D eigenvalue weighted by Gasteiger charge is 2.19. The fourth-order valence-corrected chi connectivity index (χ4v) is 5.29. The first-order chi connectivity index (χ1) is 24.3. The molecule has 0 amide bonds. The largest absolute Gasteiger partial charge is 0.389 e. The minimum atomic E-state index is -0.712. The molecule has 4 N–H and O–H groups in total. The molecule has 0 spiro atoms. The molecule has 0 heterocycles. The summed E-state index contributed by atoms with van der Waals surface area (Å²) in [6.07, 6.45) is 3.26. The quantitative estimate of drug-likeness (QED) is 0.0742. The predicted octanol–water partition coefficient (Wildman–Crippen LogP) is 2.65. The molecular weight excluding hydrogens is 658 g/mol. The minimum Gasteiger partial charge on any atom is -0.389 e. The first-order valence-electron chi connectivity index (χ1n) is 19.7. The fraction of sp³-hybridized carbons (Fsp3) is 1.00. The van der Waals surface area contributed by atoms with Crippen LogP contribution in [0.2, 0.25) is 0 Å². The maximum absolute atomic E-state index is 10.7. The Morgan fingerprint density at radius 3 is 1.14 bits per heavy atom. The van der Waals surface area contributed by atoms with E-state index in [1.165, 1.54) is 0 Å². The van der Waals surface area contributed by atoms with Crippen LogP contribution in [-0.2, 0) is 28.4 Å². The number of aliphatic hydroxyl groups is 4. The summed E-state index contributed by atoms with van der Waals surface area (Å²) in [4.78, 5) is 6.29. The van der Waals surface area contributed by atoms with Gasteiger partial charge in [0.2, 0.25) is 0 Å². The Kier molecular flexibility index (Phi) is 32.5. The standard InChI is InChI=1S/C38H81N3O10/c1-10-13-16-39(8)19-35(42)27-46-23-31(4)49-26-34(7)51-30-38(45)22-41(18-15-12-3)21-37(44)28-47-24-32(5)48-25-33(6)50-29-36(43)20-40(9)17-14-11-2/h31-38,42-45H,10-30H2,1-9H3. The van der Waals surface area contributed by atoms with Gasteiger partial charge in [0, 0.05) is 26.2 Å². The zero-order valence-corrected chi connectivity index (χ0v) is 34.0. The smallest absolute Gasteiger partial charge is 0.0900 e. The van der Waals surface area contributed by atoms with E-state index in [0.717, 1.165) is 58.2 Å². The molecule has 0 fully saturated rings. The molecule has 0 bridgehead atoms. The second kappa shape index (κ2) is 32.9. The fourth-order valence-electron chi connectivity index (χ4n) is 5.29. The lowest BCUT2D eigenvalue weighted by atomic mass is 10.2. The summed E-state index contributed by atoms with van der Waals surface area (Å²) in [5, 5.41) is 41.8. The average Bonchev–Trinajstić information content (AvgIpc) is 3.08. The van der Waals surface area contributed by atoms with Crippen LogP contribution in [0.1, 0.15) is 87.0 Å². The van der Waals surface area contributed by atoms with E-state index in [-0.39, 0.29) is 50.8 Å². The van der Waals surface area contributed by atoms with Gasteiger partial charge in [0.1, 0.15) is 0 Å². The molecule has 0 aliphatic rings. The van der Waals surface area contributed by atoms with Gasteiger partial charge in [-0.1, -0.05) is 40.0 Å². The van der Waals surface area contributed by atoms with Crippen molar-refractivity contribution in [3.63, 3.8) is 0 Å². The molecule has 0 rings (SSSR count). The number of hydrogen-bond donors (Lipinski definition) is 4. The lowest BCUT2D eigenvalue weighted by molar-refractivity contribution is -0.0854. The molecule has 8 atom stereocenters. The number of hydrogen-bond acceptors (Lipinski definition) is 13. The third kappa shape index (κ3) is 31.5. The molecule has 13 nitrogen and oxygen atoms in total. The molecular formula is C38H81N3O10. The monoisotopic (exact) mass is 740 g/mol. The van der Waals surface area contributed by atoms with Gasteiger partial charge in [-0.25, -0.2) is 0 Å². The highest BCUT2D eigenvalue weighted by atomic mass is 16.6. The van der Waals surface area contributed by atoms with Crippen LogP contribution in [-0.4, -0.2) is 197 Å². The Morgan fingerprint density at radius 1 is 0.412 bits per heavy atom. The van der Waals surface area contributed by atoms with E-state index in [1.807, 2.05) is 41.8 Å². The van der Waals surface area contributed by atoms with Gasteiger partial charge in [-0.15, -0.1) is 0 Å². The van der Waals surface area contributed by atoms with Gasteiger partial charge < -0.3 is 58.6 Å². The highest BCUT2D eigenvalue weighted by molar-refractivity contribution is 4.70. The van der Waals surface area contributed by atoms with E-state index in [9.17, 15) is 20.4 Å². The maximum atomic E-state index is 10.7. The van der Waals surface area contributed by atoms with Gasteiger partial charge >= 0.3 is 0 Å². The number of nitrogens with zero attached hydrogens (tertiary/aromatic N) is 3. The highest BCUT2D eigenvalue weighted by Crippen LogP contribution is 2.06. The Morgan fingerprint density at radius 2 is 0.725 bits per heavy atom. The summed E-state index contributed by atoms with van der Waals surface area (Å²) < 4.78 is 34.7. The van der Waals surface area contributed by atoms with E-state index < -0.39 is 24.4 Å². The molecule has 0 aliphatic carbocycles. The van der Waals surface area contributed by atoms with Crippen LogP contribution in [0.15, 0.2) is 0 Å². The van der Waals surface area contributed by atoms with Crippen molar-refractivity contribution < 1.29 is 48.8 Å². The van der Waals surface area contributed by atoms with E-state index >= 15 is 0 Å². The molecule has 0 aromatic heterocycles. The van der Waals surface area contributed by atoms with Crippen molar-refractivity contribution in [2.75, 3.05) is 113 Å². The van der Waals surface area contributed by atoms with Crippen LogP contribution < -0.4 is 0 Å². The van der Waals surface area contributed by atoms with Crippen LogP contribution in [0.5, 0.6) is 0 Å². The van der Waals surface area contributed by atoms with Crippen LogP contribution in [0, 0.1) is 0 Å². The Hall–Kier alpha value is -0.520. The molecule has 0 radical (unpaired) electrons. The third-order valence-corrected chi connectivity index (χ3v) is 8.30. The number of likely N-dealkylation sites (N-methyl/N-ethyl adjacent to an activating group) is 2. The third-order valence-electron chi connectivity index (χ3n) is 8.30. The minimum absolute atomic E-state index is 0.149. The van der Waals surface area contributed by atoms with Crippen LogP contribution >= 0.6 is 0 Å². The van der Waals surface area contributed by atoms with Crippen molar-refractivity contribution in [2.45, 2.75) is 136 Å². The summed E-state index contributed by atoms with van der Waals surface area (Å²) in [7, 11) is 4.02. The number of ether oxygens (including phenoxy) is 6. The normalized spacial score (nSPS) is 17.2. The van der Waals surface area contributed by atoms with Gasteiger partial charge in [-0.2, -0.15) is 0 Å². The molecule has 13 heteroatoms. The summed E-state index contributed by atoms with van der Waals surface area (Å²) in [5.74, 6) is 0. The Bertz CT molecular complexity index is 761. The Labute approximate surface area is 311 Å². The van der Waals surface area contributed by atoms with Crippen LogP contribution in [0.4, 0.5) is 0 Å². The molecule has 0 aromatic rings. The van der Waals surface area contributed by atoms with Crippen molar-refractivity contribution in [2.24, 2.45) is 0 Å². The van der Waals surface area contributed by atoms with E-state index in [2.05, 4.69) is 35.5 Å². The van der Waals surface area contributed by atoms with Crippen molar-refractivity contribution >= 4 is 0 Å². The van der Waals surface area contributed by atoms with E-state index in [1.54, 1.807) is 0 Å². The summed E-state index contributed by atoms with van der Waals surface area (Å²) >= 11 is 0. The van der Waals surface area contributed by atoms with Crippen molar-refractivity contribution in [1.82, 2.24) is 14.7 Å². The first kappa shape index (κ1) is 50.5. The van der Waals surface area contributed by atoms with Gasteiger partial charge in [-0.05, 0) is 80.7 Å². The molecule has 0 saturated carbocycles. The van der Waals surface area contributed by atoms with Crippen LogP contribution in [0.25, 0.3) is 0 Å². The zero-order valence-electron chi connectivity index (χ0n) is 34.0. The van der Waals surface area contributed by atoms with E-state index in [0.29, 0.717) is 52.6 Å². The number of rotatable bonds is 37. The number of unbranched alkanes of at least 4 members (excludes halogenated alkanes) is 3. The lowest BCUT2D eigenvalue weighted by Gasteiger charge is -2.28. The van der Waals surface area contributed by atoms with Crippen molar-refractivity contribution in [3.8, 4) is 0 Å². The summed E-state index contributed by atoms with van der Waals surface area (Å²) in [5.41, 5.74) is 0. The topological polar surface area (TPSA) is 146 Å². The first-order valence-corrected chi connectivity index (χ1v) is 19.7. The van der Waals surface area contributed by atoms with Crippen molar-refractivity contribution in [3.05, 3.63) is 0 Å². The van der Waals surface area contributed by atoms with E-state index in [4.69, 9.17) is 28.4 Å². The van der Waals surface area contributed by atoms with Gasteiger partial charge in [0.05, 0.1) is 102 Å². The van der Waals surface area contributed by atoms with Crippen molar-refractivity contribution in [1.29, 1.82) is 0 Å². The number of aliphatic hydroxyl groups excluding tert-OH is 4. The molecule has 8 unspecified atom stereocenters. The van der Waals surface area contributed by atoms with Gasteiger partial charge in [0.25, 0.3) is 0 Å². The molecule has 308 valence electrons. The molecule has 0 aliphatic heterocycles. The zero-order chi connectivity index (χ0) is 38.4. The average molecular weight is 740 g/mol. The second-order valence-corrected chi connectivity index (χ2v) is 14.6. The molecule has 0 aromatic carbocycles. The Balaban J connectivity index is 4.26. The van der Waals surface area contributed by atoms with Gasteiger partial charge in [-0.3, -0.25) is 4.90 Å².